The molecule has 0 aromatic carbocycles. The van der Waals surface area contributed by atoms with Gasteiger partial charge in [0.25, 0.3) is 5.91 Å². The fourth-order valence-corrected chi connectivity index (χ4v) is 2.60. The van der Waals surface area contributed by atoms with Crippen molar-refractivity contribution in [3.05, 3.63) is 23.7 Å². The largest absolute Gasteiger partial charge is 0.480 e. The van der Waals surface area contributed by atoms with Gasteiger partial charge in [-0.2, -0.15) is 0 Å². The fourth-order valence-electron chi connectivity index (χ4n) is 2.60. The minimum atomic E-state index is -1.08. The van der Waals surface area contributed by atoms with Crippen LogP contribution in [0.15, 0.2) is 16.5 Å². The van der Waals surface area contributed by atoms with Crippen LogP contribution in [-0.2, 0) is 4.79 Å². The van der Waals surface area contributed by atoms with Gasteiger partial charge in [-0.15, -0.1) is 0 Å². The van der Waals surface area contributed by atoms with Gasteiger partial charge in [0.2, 0.25) is 0 Å². The zero-order valence-electron chi connectivity index (χ0n) is 12.3. The molecule has 2 rings (SSSR count). The third-order valence-electron chi connectivity index (χ3n) is 3.85. The summed E-state index contributed by atoms with van der Waals surface area (Å²) in [6, 6.07) is 3.52. The van der Waals surface area contributed by atoms with Gasteiger partial charge in [-0.3, -0.25) is 14.5 Å². The molecule has 116 valence electrons. The average Bonchev–Trinajstić information content (AvgIpc) is 2.79. The molecule has 1 atom stereocenters. The molecule has 0 bridgehead atoms. The molecular formula is C15H22N2O4. The fraction of sp³-hybridized carbons (Fsp3) is 0.600. The predicted molar refractivity (Wildman–Crippen MR) is 77.1 cm³/mol. The number of aliphatic carboxylic acids is 1. The summed E-state index contributed by atoms with van der Waals surface area (Å²) in [7, 11) is 0. The van der Waals surface area contributed by atoms with Gasteiger partial charge in [0, 0.05) is 0 Å². The van der Waals surface area contributed by atoms with Gasteiger partial charge in [0.05, 0.1) is 6.04 Å². The first-order valence-corrected chi connectivity index (χ1v) is 7.41. The van der Waals surface area contributed by atoms with Crippen molar-refractivity contribution in [2.45, 2.75) is 38.6 Å². The summed E-state index contributed by atoms with van der Waals surface area (Å²) in [5, 5.41) is 10.8. The summed E-state index contributed by atoms with van der Waals surface area (Å²) >= 11 is 0. The van der Waals surface area contributed by atoms with Crippen LogP contribution in [0, 0.1) is 0 Å². The first kappa shape index (κ1) is 15.6. The molecule has 21 heavy (non-hydrogen) atoms. The molecule has 1 aromatic rings. The van der Waals surface area contributed by atoms with Crippen molar-refractivity contribution in [2.75, 3.05) is 19.6 Å². The van der Waals surface area contributed by atoms with Crippen LogP contribution in [0.25, 0.3) is 0 Å². The maximum atomic E-state index is 11.7. The molecular weight excluding hydrogens is 272 g/mol. The summed E-state index contributed by atoms with van der Waals surface area (Å²) in [6.07, 6.45) is 4.92. The van der Waals surface area contributed by atoms with Gasteiger partial charge in [-0.05, 0) is 45.0 Å². The standard InChI is InChI=1S/C15H22N2O4/c1-11(17-8-4-2-3-5-9-17)12-6-7-13(21-12)15(20)16-10-14(18)19/h6-7,11H,2-5,8-10H2,1H3,(H,16,20)(H,18,19). The van der Waals surface area contributed by atoms with Crippen LogP contribution >= 0.6 is 0 Å². The van der Waals surface area contributed by atoms with Crippen molar-refractivity contribution in [1.82, 2.24) is 10.2 Å². The Bertz CT molecular complexity index is 490. The molecule has 6 heteroatoms. The highest BCUT2D eigenvalue weighted by atomic mass is 16.4. The number of hydrogen-bond donors (Lipinski definition) is 2. The Morgan fingerprint density at radius 1 is 1.29 bits per heavy atom. The van der Waals surface area contributed by atoms with Crippen LogP contribution in [0.3, 0.4) is 0 Å². The van der Waals surface area contributed by atoms with E-state index < -0.39 is 18.4 Å². The summed E-state index contributed by atoms with van der Waals surface area (Å²) in [5.74, 6) is -0.662. The van der Waals surface area contributed by atoms with Gasteiger partial charge in [-0.25, -0.2) is 0 Å². The molecule has 6 nitrogen and oxygen atoms in total. The molecule has 1 aliphatic heterocycles. The van der Waals surface area contributed by atoms with Crippen molar-refractivity contribution in [3.8, 4) is 0 Å². The Hall–Kier alpha value is -1.82. The number of nitrogens with one attached hydrogen (secondary N) is 1. The van der Waals surface area contributed by atoms with E-state index in [1.165, 1.54) is 25.7 Å². The molecule has 0 radical (unpaired) electrons. The van der Waals surface area contributed by atoms with Gasteiger partial charge < -0.3 is 14.8 Å². The third kappa shape index (κ3) is 4.32. The number of rotatable bonds is 5. The topological polar surface area (TPSA) is 82.8 Å². The van der Waals surface area contributed by atoms with E-state index in [2.05, 4.69) is 17.1 Å². The lowest BCUT2D eigenvalue weighted by molar-refractivity contribution is -0.135. The first-order valence-electron chi connectivity index (χ1n) is 7.41. The second kappa shape index (κ2) is 7.26. The van der Waals surface area contributed by atoms with Crippen LogP contribution in [-0.4, -0.2) is 41.5 Å². The van der Waals surface area contributed by atoms with E-state index in [0.717, 1.165) is 18.8 Å². The maximum Gasteiger partial charge on any atom is 0.322 e. The minimum absolute atomic E-state index is 0.129. The number of amides is 1. The number of carbonyl (C=O) groups excluding carboxylic acids is 1. The Labute approximate surface area is 124 Å². The lowest BCUT2D eigenvalue weighted by atomic mass is 10.2. The minimum Gasteiger partial charge on any atom is -0.480 e. The van der Waals surface area contributed by atoms with Crippen molar-refractivity contribution < 1.29 is 19.1 Å². The van der Waals surface area contributed by atoms with Gasteiger partial charge in [0.15, 0.2) is 5.76 Å². The zero-order chi connectivity index (χ0) is 15.2. The predicted octanol–water partition coefficient (Wildman–Crippen LogP) is 2.03. The molecule has 0 spiro atoms. The van der Waals surface area contributed by atoms with Crippen molar-refractivity contribution >= 4 is 11.9 Å². The SMILES string of the molecule is CC(c1ccc(C(=O)NCC(=O)O)o1)N1CCCCCC1. The molecule has 0 aliphatic carbocycles. The molecule has 1 unspecified atom stereocenters. The van der Waals surface area contributed by atoms with Crippen molar-refractivity contribution in [3.63, 3.8) is 0 Å². The summed E-state index contributed by atoms with van der Waals surface area (Å²) in [4.78, 5) is 24.5. The van der Waals surface area contributed by atoms with E-state index in [1.807, 2.05) is 0 Å². The maximum absolute atomic E-state index is 11.7. The highest BCUT2D eigenvalue weighted by Gasteiger charge is 2.21. The van der Waals surface area contributed by atoms with Crippen LogP contribution in [0.5, 0.6) is 0 Å². The monoisotopic (exact) mass is 294 g/mol. The van der Waals surface area contributed by atoms with Crippen molar-refractivity contribution in [1.29, 1.82) is 0 Å². The molecule has 2 N–H and O–H groups in total. The number of carbonyl (C=O) groups is 2. The van der Waals surface area contributed by atoms with E-state index in [0.29, 0.717) is 0 Å². The highest BCUT2D eigenvalue weighted by molar-refractivity contribution is 5.93. The van der Waals surface area contributed by atoms with Gasteiger partial charge in [0.1, 0.15) is 12.3 Å². The normalized spacial score (nSPS) is 18.0. The van der Waals surface area contributed by atoms with Crippen LogP contribution < -0.4 is 5.32 Å². The number of carboxylic acid groups (broad SMARTS) is 1. The van der Waals surface area contributed by atoms with Crippen LogP contribution in [0.1, 0.15) is 55.0 Å². The molecule has 1 aromatic heterocycles. The Kier molecular flexibility index (Phi) is 5.38. The Morgan fingerprint density at radius 2 is 1.95 bits per heavy atom. The quantitative estimate of drug-likeness (QED) is 0.868. The molecule has 1 aliphatic rings. The van der Waals surface area contributed by atoms with E-state index in [9.17, 15) is 9.59 Å². The Balaban J connectivity index is 1.97. The smallest absolute Gasteiger partial charge is 0.322 e. The second-order valence-corrected chi connectivity index (χ2v) is 5.40. The van der Waals surface area contributed by atoms with E-state index >= 15 is 0 Å². The number of nitrogens with zero attached hydrogens (tertiary/aromatic N) is 1. The van der Waals surface area contributed by atoms with Gasteiger partial charge >= 0.3 is 5.97 Å². The lowest BCUT2D eigenvalue weighted by Crippen LogP contribution is -2.29. The highest BCUT2D eigenvalue weighted by Crippen LogP contribution is 2.25. The summed E-state index contributed by atoms with van der Waals surface area (Å²) in [6.45, 7) is 3.75. The van der Waals surface area contributed by atoms with Crippen molar-refractivity contribution in [2.24, 2.45) is 0 Å². The number of carboxylic acids is 1. The number of furan rings is 1. The average molecular weight is 294 g/mol. The zero-order valence-corrected chi connectivity index (χ0v) is 12.3. The molecule has 2 heterocycles. The van der Waals surface area contributed by atoms with Crippen LogP contribution in [0.2, 0.25) is 0 Å². The molecule has 1 fully saturated rings. The van der Waals surface area contributed by atoms with Crippen LogP contribution in [0.4, 0.5) is 0 Å². The number of likely N-dealkylation sites (tertiary alicyclic amines) is 1. The van der Waals surface area contributed by atoms with E-state index in [-0.39, 0.29) is 11.8 Å². The van der Waals surface area contributed by atoms with E-state index in [4.69, 9.17) is 9.52 Å². The Morgan fingerprint density at radius 3 is 2.57 bits per heavy atom. The molecule has 1 saturated heterocycles. The molecule has 1 amide bonds. The summed E-state index contributed by atoms with van der Waals surface area (Å²) < 4.78 is 5.59. The lowest BCUT2D eigenvalue weighted by Gasteiger charge is -2.25. The summed E-state index contributed by atoms with van der Waals surface area (Å²) in [5.41, 5.74) is 0. The van der Waals surface area contributed by atoms with E-state index in [1.54, 1.807) is 12.1 Å². The molecule has 0 saturated carbocycles. The van der Waals surface area contributed by atoms with Gasteiger partial charge in [-0.1, -0.05) is 12.8 Å². The number of hydrogen-bond acceptors (Lipinski definition) is 4. The second-order valence-electron chi connectivity index (χ2n) is 5.40. The third-order valence-corrected chi connectivity index (χ3v) is 3.85. The first-order chi connectivity index (χ1) is 10.1.